The molecule has 45 heavy (non-hydrogen) atoms. The molecule has 254 valence electrons. The summed E-state index contributed by atoms with van der Waals surface area (Å²) in [5, 5.41) is 12.4. The quantitative estimate of drug-likeness (QED) is 0.298. The fourth-order valence-electron chi connectivity index (χ4n) is 5.20. The Bertz CT molecular complexity index is 1260. The lowest BCUT2D eigenvalue weighted by Gasteiger charge is -2.42. The van der Waals surface area contributed by atoms with Crippen molar-refractivity contribution in [3.05, 3.63) is 35.4 Å². The first kappa shape index (κ1) is 39.3. The average molecular weight is 634 g/mol. The van der Waals surface area contributed by atoms with E-state index in [2.05, 4.69) is 5.32 Å². The molecule has 3 atom stereocenters. The molecule has 0 aliphatic rings. The van der Waals surface area contributed by atoms with Crippen LogP contribution in [0.3, 0.4) is 0 Å². The van der Waals surface area contributed by atoms with Crippen LogP contribution < -0.4 is 14.8 Å². The molecule has 2 N–H and O–H groups in total. The molecule has 0 aliphatic carbocycles. The second-order valence-corrected chi connectivity index (χ2v) is 14.4. The average Bonchev–Trinajstić information content (AvgIpc) is 2.91. The highest BCUT2D eigenvalue weighted by molar-refractivity contribution is 5.93. The summed E-state index contributed by atoms with van der Waals surface area (Å²) in [4.78, 5) is 56.3. The lowest BCUT2D eigenvalue weighted by Crippen LogP contribution is -2.63. The summed E-state index contributed by atoms with van der Waals surface area (Å²) in [6, 6.07) is 2.50. The normalized spacial score (nSPS) is 14.6. The van der Waals surface area contributed by atoms with Crippen molar-refractivity contribution in [3.8, 4) is 11.5 Å². The maximum atomic E-state index is 14.5. The van der Waals surface area contributed by atoms with E-state index >= 15 is 0 Å². The van der Waals surface area contributed by atoms with Crippen molar-refractivity contribution < 1.29 is 38.5 Å². The number of methoxy groups -OCH3 is 2. The number of hydrogen-bond acceptors (Lipinski definition) is 7. The van der Waals surface area contributed by atoms with Crippen LogP contribution in [0.15, 0.2) is 29.8 Å². The molecule has 3 amide bonds. The summed E-state index contributed by atoms with van der Waals surface area (Å²) in [5.41, 5.74) is -1.91. The van der Waals surface area contributed by atoms with Gasteiger partial charge in [0.1, 0.15) is 29.2 Å². The Morgan fingerprint density at radius 3 is 1.89 bits per heavy atom. The van der Waals surface area contributed by atoms with Gasteiger partial charge in [-0.05, 0) is 45.1 Å². The molecule has 0 heterocycles. The van der Waals surface area contributed by atoms with Crippen LogP contribution in [0.1, 0.15) is 81.7 Å². The van der Waals surface area contributed by atoms with Crippen LogP contribution in [0, 0.1) is 11.3 Å². The Hall–Kier alpha value is -3.76. The molecule has 11 nitrogen and oxygen atoms in total. The predicted molar refractivity (Wildman–Crippen MR) is 175 cm³/mol. The Morgan fingerprint density at radius 2 is 1.47 bits per heavy atom. The van der Waals surface area contributed by atoms with Gasteiger partial charge < -0.3 is 29.5 Å². The van der Waals surface area contributed by atoms with E-state index < -0.39 is 58.4 Å². The largest absolute Gasteiger partial charge is 0.497 e. The third-order valence-corrected chi connectivity index (χ3v) is 7.74. The second kappa shape index (κ2) is 15.0. The van der Waals surface area contributed by atoms with Crippen molar-refractivity contribution in [2.45, 2.75) is 105 Å². The van der Waals surface area contributed by atoms with Gasteiger partial charge in [0.25, 0.3) is 0 Å². The molecule has 1 aromatic carbocycles. The van der Waals surface area contributed by atoms with E-state index in [1.54, 1.807) is 52.1 Å². The summed E-state index contributed by atoms with van der Waals surface area (Å²) < 4.78 is 16.7. The van der Waals surface area contributed by atoms with Crippen molar-refractivity contribution in [1.82, 2.24) is 15.1 Å². The number of nitrogens with one attached hydrogen (secondary N) is 1. The molecule has 11 heteroatoms. The van der Waals surface area contributed by atoms with Crippen molar-refractivity contribution in [3.63, 3.8) is 0 Å². The highest BCUT2D eigenvalue weighted by Crippen LogP contribution is 2.39. The van der Waals surface area contributed by atoms with E-state index in [-0.39, 0.29) is 11.5 Å². The molecule has 0 aliphatic heterocycles. The van der Waals surface area contributed by atoms with Gasteiger partial charge in [0.2, 0.25) is 11.8 Å². The van der Waals surface area contributed by atoms with Gasteiger partial charge in [-0.2, -0.15) is 0 Å². The molecule has 0 fully saturated rings. The van der Waals surface area contributed by atoms with Gasteiger partial charge in [0.15, 0.2) is 0 Å². The van der Waals surface area contributed by atoms with Crippen LogP contribution in [0.5, 0.6) is 11.5 Å². The minimum Gasteiger partial charge on any atom is -0.497 e. The number of rotatable bonds is 12. The Kier molecular flexibility index (Phi) is 13.1. The molecule has 0 saturated heterocycles. The monoisotopic (exact) mass is 633 g/mol. The van der Waals surface area contributed by atoms with Crippen LogP contribution in [0.25, 0.3) is 0 Å². The van der Waals surface area contributed by atoms with Gasteiger partial charge in [-0.1, -0.05) is 60.6 Å². The Labute approximate surface area is 269 Å². The fourth-order valence-corrected chi connectivity index (χ4v) is 5.20. The number of benzene rings is 1. The second-order valence-electron chi connectivity index (χ2n) is 14.4. The number of nitrogens with zero attached hydrogens (tertiary/aromatic N) is 2. The SMILES string of the molecule is COc1ccc(C(C)(C)[C@@H](C(=O)N[C@H](C(=O)N(C)[C@H](/C=C(\C)C(=O)O)C(C)C)C(C)(C)C)N(C)C(=O)OC(C)(C)C)c(OC)c1. The molecule has 1 rings (SSSR count). The van der Waals surface area contributed by atoms with Gasteiger partial charge >= 0.3 is 12.1 Å². The predicted octanol–water partition coefficient (Wildman–Crippen LogP) is 5.26. The lowest BCUT2D eigenvalue weighted by molar-refractivity contribution is -0.142. The Morgan fingerprint density at radius 1 is 0.911 bits per heavy atom. The van der Waals surface area contributed by atoms with Crippen LogP contribution in [-0.4, -0.2) is 90.8 Å². The smallest absolute Gasteiger partial charge is 0.410 e. The van der Waals surface area contributed by atoms with E-state index in [1.807, 2.05) is 48.5 Å². The van der Waals surface area contributed by atoms with E-state index in [9.17, 15) is 24.3 Å². The van der Waals surface area contributed by atoms with Crippen molar-refractivity contribution in [1.29, 1.82) is 0 Å². The van der Waals surface area contributed by atoms with E-state index in [0.717, 1.165) is 0 Å². The number of amides is 3. The van der Waals surface area contributed by atoms with Crippen LogP contribution in [-0.2, 0) is 24.5 Å². The molecule has 0 bridgehead atoms. The first-order valence-corrected chi connectivity index (χ1v) is 15.1. The van der Waals surface area contributed by atoms with Gasteiger partial charge in [-0.3, -0.25) is 14.5 Å². The summed E-state index contributed by atoms with van der Waals surface area (Å²) in [5.74, 6) is -1.16. The molecule has 0 saturated carbocycles. The number of hydrogen-bond donors (Lipinski definition) is 2. The zero-order valence-corrected chi connectivity index (χ0v) is 29.8. The lowest BCUT2D eigenvalue weighted by atomic mass is 9.75. The van der Waals surface area contributed by atoms with Crippen LogP contribution >= 0.6 is 0 Å². The maximum Gasteiger partial charge on any atom is 0.410 e. The first-order chi connectivity index (χ1) is 20.4. The number of carboxylic acids is 1. The van der Waals surface area contributed by atoms with E-state index in [0.29, 0.717) is 17.1 Å². The number of carbonyl (C=O) groups is 4. The minimum absolute atomic E-state index is 0.110. The van der Waals surface area contributed by atoms with Gasteiger partial charge in [0, 0.05) is 36.7 Å². The number of carbonyl (C=O) groups excluding carboxylic acids is 3. The van der Waals surface area contributed by atoms with Gasteiger partial charge in [0.05, 0.1) is 20.3 Å². The first-order valence-electron chi connectivity index (χ1n) is 15.1. The molecule has 0 radical (unpaired) electrons. The van der Waals surface area contributed by atoms with Crippen molar-refractivity contribution >= 4 is 23.9 Å². The number of aliphatic carboxylic acids is 1. The minimum atomic E-state index is -1.16. The summed E-state index contributed by atoms with van der Waals surface area (Å²) in [7, 11) is 6.14. The van der Waals surface area contributed by atoms with Crippen LogP contribution in [0.2, 0.25) is 0 Å². The molecular formula is C34H55N3O8. The standard InChI is InChI=1S/C34H55N3O8/c1-20(2)24(18-21(3)30(40)41)36(12)29(39)26(32(4,5)6)35-28(38)27(37(13)31(42)45-33(7,8)9)34(10,11)23-17-16-22(43-14)19-25(23)44-15/h16-20,24,26-27H,1-15H3,(H,35,38)(H,40,41)/b21-18+/t24-,26-,27-/m1/s1. The number of ether oxygens (including phenoxy) is 3. The zero-order valence-electron chi connectivity index (χ0n) is 29.8. The van der Waals surface area contributed by atoms with E-state index in [1.165, 1.54) is 38.0 Å². The highest BCUT2D eigenvalue weighted by atomic mass is 16.6. The van der Waals surface area contributed by atoms with E-state index in [4.69, 9.17) is 14.2 Å². The van der Waals surface area contributed by atoms with Gasteiger partial charge in [-0.15, -0.1) is 0 Å². The van der Waals surface area contributed by atoms with Crippen molar-refractivity contribution in [2.75, 3.05) is 28.3 Å². The third kappa shape index (κ3) is 10.1. The van der Waals surface area contributed by atoms with Crippen molar-refractivity contribution in [2.24, 2.45) is 11.3 Å². The molecule has 1 aromatic rings. The summed E-state index contributed by atoms with van der Waals surface area (Å²) in [6.07, 6.45) is 0.832. The van der Waals surface area contributed by atoms with Gasteiger partial charge in [-0.25, -0.2) is 9.59 Å². The highest BCUT2D eigenvalue weighted by Gasteiger charge is 2.47. The molecule has 0 unspecified atom stereocenters. The fraction of sp³-hybridized carbons (Fsp3) is 0.647. The number of carboxylic acid groups (broad SMARTS) is 1. The number of likely N-dealkylation sites (N-methyl/N-ethyl adjacent to an activating group) is 2. The van der Waals surface area contributed by atoms with Crippen LogP contribution in [0.4, 0.5) is 4.79 Å². The molecular weight excluding hydrogens is 578 g/mol. The topological polar surface area (TPSA) is 135 Å². The molecule has 0 spiro atoms. The maximum absolute atomic E-state index is 14.5. The molecule has 0 aromatic heterocycles. The summed E-state index contributed by atoms with van der Waals surface area (Å²) >= 11 is 0. The Balaban J connectivity index is 3.77. The zero-order chi connectivity index (χ0) is 35.2. The summed E-state index contributed by atoms with van der Waals surface area (Å²) in [6.45, 7) is 19.6. The third-order valence-electron chi connectivity index (χ3n) is 7.74.